The molecule has 0 aromatic heterocycles. The van der Waals surface area contributed by atoms with E-state index in [2.05, 4.69) is 0 Å². The van der Waals surface area contributed by atoms with Gasteiger partial charge >= 0.3 is 12.0 Å². The Bertz CT molecular complexity index is 360. The SMILES string of the molecule is CCN(CCC(=O)NC(N)=O)C1COCC1C(=O)O. The van der Waals surface area contributed by atoms with Crippen molar-refractivity contribution in [1.29, 1.82) is 0 Å². The van der Waals surface area contributed by atoms with Gasteiger partial charge in [0.05, 0.1) is 19.1 Å². The molecular weight excluding hydrogens is 254 g/mol. The minimum absolute atomic E-state index is 0.0830. The van der Waals surface area contributed by atoms with Crippen LogP contribution in [-0.4, -0.2) is 60.3 Å². The van der Waals surface area contributed by atoms with Gasteiger partial charge in [-0.2, -0.15) is 0 Å². The second-order valence-electron chi connectivity index (χ2n) is 4.34. The highest BCUT2D eigenvalue weighted by molar-refractivity contribution is 5.93. The number of carbonyl (C=O) groups is 3. The molecule has 0 radical (unpaired) electrons. The third kappa shape index (κ3) is 4.49. The van der Waals surface area contributed by atoms with Gasteiger partial charge in [-0.25, -0.2) is 4.79 Å². The maximum absolute atomic E-state index is 11.3. The van der Waals surface area contributed by atoms with Crippen molar-refractivity contribution in [2.75, 3.05) is 26.3 Å². The maximum atomic E-state index is 11.3. The normalized spacial score (nSPS) is 22.4. The Kier molecular flexibility index (Phi) is 5.71. The van der Waals surface area contributed by atoms with Crippen LogP contribution in [0.15, 0.2) is 0 Å². The van der Waals surface area contributed by atoms with Crippen LogP contribution in [0.25, 0.3) is 0 Å². The van der Waals surface area contributed by atoms with Crippen molar-refractivity contribution >= 4 is 17.9 Å². The lowest BCUT2D eigenvalue weighted by Crippen LogP contribution is -2.45. The molecule has 1 aliphatic heterocycles. The van der Waals surface area contributed by atoms with Gasteiger partial charge in [0.2, 0.25) is 5.91 Å². The summed E-state index contributed by atoms with van der Waals surface area (Å²) in [5.41, 5.74) is 4.83. The van der Waals surface area contributed by atoms with Crippen LogP contribution in [0.3, 0.4) is 0 Å². The van der Waals surface area contributed by atoms with Gasteiger partial charge in [0, 0.05) is 19.0 Å². The summed E-state index contributed by atoms with van der Waals surface area (Å²) in [4.78, 5) is 34.8. The van der Waals surface area contributed by atoms with Gasteiger partial charge in [-0.3, -0.25) is 19.8 Å². The summed E-state index contributed by atoms with van der Waals surface area (Å²) in [7, 11) is 0. The van der Waals surface area contributed by atoms with Crippen LogP contribution < -0.4 is 11.1 Å². The number of hydrogen-bond acceptors (Lipinski definition) is 5. The van der Waals surface area contributed by atoms with E-state index in [1.54, 1.807) is 0 Å². The lowest BCUT2D eigenvalue weighted by atomic mass is 10.0. The van der Waals surface area contributed by atoms with Crippen LogP contribution in [0.1, 0.15) is 13.3 Å². The van der Waals surface area contributed by atoms with E-state index >= 15 is 0 Å². The highest BCUT2D eigenvalue weighted by Crippen LogP contribution is 2.20. The number of aliphatic carboxylic acids is 1. The van der Waals surface area contributed by atoms with E-state index in [0.29, 0.717) is 19.7 Å². The number of urea groups is 1. The van der Waals surface area contributed by atoms with Gasteiger partial charge in [0.15, 0.2) is 0 Å². The van der Waals surface area contributed by atoms with E-state index in [1.807, 2.05) is 17.1 Å². The average molecular weight is 273 g/mol. The highest BCUT2D eigenvalue weighted by atomic mass is 16.5. The molecule has 1 fully saturated rings. The number of carboxylic acid groups (broad SMARTS) is 1. The molecule has 0 bridgehead atoms. The molecule has 1 saturated heterocycles. The van der Waals surface area contributed by atoms with Crippen molar-refractivity contribution in [2.45, 2.75) is 19.4 Å². The standard InChI is InChI=1S/C11H19N3O5/c1-2-14(4-3-9(15)13-11(12)18)8-6-19-5-7(8)10(16)17/h7-8H,2-6H2,1H3,(H,16,17)(H3,12,13,15,18). The maximum Gasteiger partial charge on any atom is 0.318 e. The van der Waals surface area contributed by atoms with Crippen molar-refractivity contribution in [3.05, 3.63) is 0 Å². The van der Waals surface area contributed by atoms with Crippen molar-refractivity contribution in [3.8, 4) is 0 Å². The Morgan fingerprint density at radius 1 is 1.42 bits per heavy atom. The predicted molar refractivity (Wildman–Crippen MR) is 65.3 cm³/mol. The van der Waals surface area contributed by atoms with Crippen LogP contribution >= 0.6 is 0 Å². The number of nitrogens with two attached hydrogens (primary N) is 1. The Balaban J connectivity index is 2.51. The van der Waals surface area contributed by atoms with E-state index in [-0.39, 0.29) is 19.1 Å². The molecular formula is C11H19N3O5. The Hall–Kier alpha value is -1.67. The number of amides is 3. The molecule has 0 aromatic rings. The first-order valence-electron chi connectivity index (χ1n) is 6.09. The number of nitrogens with zero attached hydrogens (tertiary/aromatic N) is 1. The molecule has 19 heavy (non-hydrogen) atoms. The number of imide groups is 1. The zero-order chi connectivity index (χ0) is 14.4. The summed E-state index contributed by atoms with van der Waals surface area (Å²) in [6, 6.07) is -1.13. The van der Waals surface area contributed by atoms with Gasteiger partial charge in [0.1, 0.15) is 0 Å². The van der Waals surface area contributed by atoms with Gasteiger partial charge in [0.25, 0.3) is 0 Å². The summed E-state index contributed by atoms with van der Waals surface area (Å²) < 4.78 is 5.19. The second kappa shape index (κ2) is 7.05. The third-order valence-electron chi connectivity index (χ3n) is 3.13. The topological polar surface area (TPSA) is 122 Å². The molecule has 0 aromatic carbocycles. The van der Waals surface area contributed by atoms with Crippen LogP contribution in [0.4, 0.5) is 4.79 Å². The fourth-order valence-corrected chi connectivity index (χ4v) is 2.14. The highest BCUT2D eigenvalue weighted by Gasteiger charge is 2.37. The number of ether oxygens (including phenoxy) is 1. The monoisotopic (exact) mass is 273 g/mol. The van der Waals surface area contributed by atoms with E-state index in [0.717, 1.165) is 0 Å². The quantitative estimate of drug-likeness (QED) is 0.570. The predicted octanol–water partition coefficient (Wildman–Crippen LogP) is -1.01. The lowest BCUT2D eigenvalue weighted by Gasteiger charge is -2.28. The van der Waals surface area contributed by atoms with Crippen LogP contribution in [-0.2, 0) is 14.3 Å². The minimum atomic E-state index is -0.900. The fraction of sp³-hybridized carbons (Fsp3) is 0.727. The summed E-state index contributed by atoms with van der Waals surface area (Å²) in [5.74, 6) is -1.96. The molecule has 1 heterocycles. The minimum Gasteiger partial charge on any atom is -0.481 e. The largest absolute Gasteiger partial charge is 0.481 e. The molecule has 3 amide bonds. The summed E-state index contributed by atoms with van der Waals surface area (Å²) in [6.45, 7) is 3.35. The van der Waals surface area contributed by atoms with Gasteiger partial charge in [-0.05, 0) is 6.54 Å². The fourth-order valence-electron chi connectivity index (χ4n) is 2.14. The number of hydrogen-bond donors (Lipinski definition) is 3. The smallest absolute Gasteiger partial charge is 0.318 e. The number of primary amides is 1. The second-order valence-corrected chi connectivity index (χ2v) is 4.34. The average Bonchev–Trinajstić information content (AvgIpc) is 2.78. The van der Waals surface area contributed by atoms with E-state index in [9.17, 15) is 14.4 Å². The van der Waals surface area contributed by atoms with Gasteiger partial charge in [-0.15, -0.1) is 0 Å². The van der Waals surface area contributed by atoms with Crippen molar-refractivity contribution < 1.29 is 24.2 Å². The summed E-state index contributed by atoms with van der Waals surface area (Å²) in [5, 5.41) is 11.0. The van der Waals surface area contributed by atoms with E-state index in [1.165, 1.54) is 0 Å². The van der Waals surface area contributed by atoms with Crippen molar-refractivity contribution in [1.82, 2.24) is 10.2 Å². The first-order valence-corrected chi connectivity index (χ1v) is 6.09. The molecule has 1 aliphatic rings. The van der Waals surface area contributed by atoms with Gasteiger partial charge < -0.3 is 15.6 Å². The number of carbonyl (C=O) groups excluding carboxylic acids is 2. The Labute approximate surface area is 110 Å². The molecule has 0 aliphatic carbocycles. The first-order chi connectivity index (χ1) is 8.95. The van der Waals surface area contributed by atoms with E-state index in [4.69, 9.17) is 15.6 Å². The van der Waals surface area contributed by atoms with Crippen LogP contribution in [0.2, 0.25) is 0 Å². The van der Waals surface area contributed by atoms with Crippen LogP contribution in [0, 0.1) is 5.92 Å². The number of likely N-dealkylation sites (N-methyl/N-ethyl adjacent to an activating group) is 1. The zero-order valence-electron chi connectivity index (χ0n) is 10.8. The Morgan fingerprint density at radius 3 is 2.63 bits per heavy atom. The number of carboxylic acids is 1. The molecule has 0 spiro atoms. The van der Waals surface area contributed by atoms with E-state index < -0.39 is 23.8 Å². The summed E-state index contributed by atoms with van der Waals surface area (Å²) in [6.07, 6.45) is 0.0830. The number of rotatable bonds is 6. The first kappa shape index (κ1) is 15.4. The molecule has 4 N–H and O–H groups in total. The molecule has 8 heteroatoms. The zero-order valence-corrected chi connectivity index (χ0v) is 10.8. The number of nitrogens with one attached hydrogen (secondary N) is 1. The molecule has 2 unspecified atom stereocenters. The lowest BCUT2D eigenvalue weighted by molar-refractivity contribution is -0.143. The van der Waals surface area contributed by atoms with Crippen molar-refractivity contribution in [3.63, 3.8) is 0 Å². The summed E-state index contributed by atoms with van der Waals surface area (Å²) >= 11 is 0. The van der Waals surface area contributed by atoms with Gasteiger partial charge in [-0.1, -0.05) is 6.92 Å². The molecule has 8 nitrogen and oxygen atoms in total. The molecule has 108 valence electrons. The molecule has 1 rings (SSSR count). The Morgan fingerprint density at radius 2 is 2.11 bits per heavy atom. The van der Waals surface area contributed by atoms with Crippen LogP contribution in [0.5, 0.6) is 0 Å². The molecule has 2 atom stereocenters. The van der Waals surface area contributed by atoms with Crippen molar-refractivity contribution in [2.24, 2.45) is 11.7 Å². The molecule has 0 saturated carbocycles. The third-order valence-corrected chi connectivity index (χ3v) is 3.13.